The Kier molecular flexibility index (Phi) is 3.67. The fourth-order valence-corrected chi connectivity index (χ4v) is 3.75. The minimum absolute atomic E-state index is 0.304. The molecule has 1 fully saturated rings. The SMILES string of the molecule is Cc1ccc(C)n1-c1nnc(N2CCC[C@H](C(=O)O)C2)s1. The number of carbonyl (C=O) groups is 1. The first-order valence-electron chi connectivity index (χ1n) is 7.03. The maximum atomic E-state index is 11.1. The van der Waals surface area contributed by atoms with E-state index in [4.69, 9.17) is 5.11 Å². The van der Waals surface area contributed by atoms with Crippen LogP contribution in [0.5, 0.6) is 0 Å². The molecule has 0 bridgehead atoms. The quantitative estimate of drug-likeness (QED) is 0.941. The van der Waals surface area contributed by atoms with Gasteiger partial charge in [-0.15, -0.1) is 10.2 Å². The Bertz CT molecular complexity index is 644. The van der Waals surface area contributed by atoms with Crippen LogP contribution in [0.15, 0.2) is 12.1 Å². The van der Waals surface area contributed by atoms with E-state index in [0.29, 0.717) is 6.54 Å². The zero-order valence-corrected chi connectivity index (χ0v) is 12.9. The molecule has 1 saturated heterocycles. The molecule has 2 aromatic rings. The van der Waals surface area contributed by atoms with Gasteiger partial charge in [0.15, 0.2) is 0 Å². The summed E-state index contributed by atoms with van der Waals surface area (Å²) >= 11 is 1.51. The Morgan fingerprint density at radius 1 is 1.29 bits per heavy atom. The van der Waals surface area contributed by atoms with Gasteiger partial charge in [0.25, 0.3) is 0 Å². The van der Waals surface area contributed by atoms with Gasteiger partial charge in [0.1, 0.15) is 0 Å². The third-order valence-electron chi connectivity index (χ3n) is 3.91. The Balaban J connectivity index is 1.83. The van der Waals surface area contributed by atoms with E-state index in [0.717, 1.165) is 41.0 Å². The van der Waals surface area contributed by atoms with Gasteiger partial charge in [-0.05, 0) is 38.8 Å². The van der Waals surface area contributed by atoms with Gasteiger partial charge in [-0.25, -0.2) is 0 Å². The first kappa shape index (κ1) is 14.1. The lowest BCUT2D eigenvalue weighted by atomic mass is 9.99. The summed E-state index contributed by atoms with van der Waals surface area (Å²) in [5.74, 6) is -1.03. The van der Waals surface area contributed by atoms with Crippen molar-refractivity contribution in [2.24, 2.45) is 5.92 Å². The summed E-state index contributed by atoms with van der Waals surface area (Å²) in [5.41, 5.74) is 2.24. The minimum Gasteiger partial charge on any atom is -0.481 e. The van der Waals surface area contributed by atoms with Crippen LogP contribution < -0.4 is 4.90 Å². The first-order chi connectivity index (χ1) is 10.1. The molecule has 1 atom stereocenters. The molecule has 1 N–H and O–H groups in total. The van der Waals surface area contributed by atoms with E-state index in [-0.39, 0.29) is 5.92 Å². The molecule has 3 heterocycles. The minimum atomic E-state index is -0.721. The average molecular weight is 306 g/mol. The van der Waals surface area contributed by atoms with Crippen LogP contribution in [0.25, 0.3) is 5.13 Å². The van der Waals surface area contributed by atoms with Gasteiger partial charge in [0.2, 0.25) is 10.3 Å². The van der Waals surface area contributed by atoms with Crippen molar-refractivity contribution < 1.29 is 9.90 Å². The second kappa shape index (κ2) is 5.48. The lowest BCUT2D eigenvalue weighted by Gasteiger charge is -2.29. The van der Waals surface area contributed by atoms with Crippen molar-refractivity contribution in [1.29, 1.82) is 0 Å². The normalized spacial score (nSPS) is 19.0. The monoisotopic (exact) mass is 306 g/mol. The van der Waals surface area contributed by atoms with Crippen LogP contribution in [0.3, 0.4) is 0 Å². The molecule has 0 unspecified atom stereocenters. The third-order valence-corrected chi connectivity index (χ3v) is 4.88. The topological polar surface area (TPSA) is 71.2 Å². The number of rotatable bonds is 3. The highest BCUT2D eigenvalue weighted by Gasteiger charge is 2.27. The standard InChI is InChI=1S/C14H18N4O2S/c1-9-5-6-10(2)18(9)14-16-15-13(21-14)17-7-3-4-11(8-17)12(19)20/h5-6,11H,3-4,7-8H2,1-2H3,(H,19,20)/t11-/m0/s1. The van der Waals surface area contributed by atoms with Gasteiger partial charge in [-0.1, -0.05) is 11.3 Å². The summed E-state index contributed by atoms with van der Waals surface area (Å²) < 4.78 is 2.07. The van der Waals surface area contributed by atoms with E-state index in [9.17, 15) is 4.79 Å². The zero-order valence-electron chi connectivity index (χ0n) is 12.1. The fraction of sp³-hybridized carbons (Fsp3) is 0.500. The number of carboxylic acids is 1. The molecule has 0 aromatic carbocycles. The molecule has 1 aliphatic rings. The van der Waals surface area contributed by atoms with Gasteiger partial charge in [0.05, 0.1) is 5.92 Å². The Morgan fingerprint density at radius 2 is 1.95 bits per heavy atom. The summed E-state index contributed by atoms with van der Waals surface area (Å²) in [6.45, 7) is 5.44. The molecule has 0 radical (unpaired) electrons. The van der Waals surface area contributed by atoms with Crippen LogP contribution >= 0.6 is 11.3 Å². The highest BCUT2D eigenvalue weighted by Crippen LogP contribution is 2.29. The van der Waals surface area contributed by atoms with Crippen molar-refractivity contribution in [3.8, 4) is 5.13 Å². The molecule has 2 aromatic heterocycles. The lowest BCUT2D eigenvalue weighted by molar-refractivity contribution is -0.141. The molecule has 0 spiro atoms. The van der Waals surface area contributed by atoms with Crippen LogP contribution in [-0.4, -0.2) is 38.9 Å². The Morgan fingerprint density at radius 3 is 2.62 bits per heavy atom. The van der Waals surface area contributed by atoms with Crippen molar-refractivity contribution in [1.82, 2.24) is 14.8 Å². The second-order valence-electron chi connectivity index (χ2n) is 5.44. The van der Waals surface area contributed by atoms with Crippen molar-refractivity contribution >= 4 is 22.4 Å². The van der Waals surface area contributed by atoms with E-state index in [2.05, 4.69) is 26.9 Å². The number of carboxylic acid groups (broad SMARTS) is 1. The number of piperidine rings is 1. The average Bonchev–Trinajstić information content (AvgIpc) is 3.06. The number of nitrogens with zero attached hydrogens (tertiary/aromatic N) is 4. The van der Waals surface area contributed by atoms with Crippen molar-refractivity contribution in [3.63, 3.8) is 0 Å². The van der Waals surface area contributed by atoms with E-state index >= 15 is 0 Å². The predicted molar refractivity (Wildman–Crippen MR) is 81.3 cm³/mol. The van der Waals surface area contributed by atoms with Crippen molar-refractivity contribution in [3.05, 3.63) is 23.5 Å². The number of aryl methyl sites for hydroxylation is 2. The summed E-state index contributed by atoms with van der Waals surface area (Å²) in [7, 11) is 0. The molecule has 0 saturated carbocycles. The first-order valence-corrected chi connectivity index (χ1v) is 7.84. The predicted octanol–water partition coefficient (Wildman–Crippen LogP) is 2.25. The summed E-state index contributed by atoms with van der Waals surface area (Å²) in [6.07, 6.45) is 1.63. The van der Waals surface area contributed by atoms with E-state index in [1.807, 2.05) is 18.7 Å². The zero-order chi connectivity index (χ0) is 15.0. The van der Waals surface area contributed by atoms with Crippen molar-refractivity contribution in [2.75, 3.05) is 18.0 Å². The van der Waals surface area contributed by atoms with Crippen LogP contribution in [-0.2, 0) is 4.79 Å². The summed E-state index contributed by atoms with van der Waals surface area (Å²) in [4.78, 5) is 13.2. The number of anilines is 1. The molecule has 1 aliphatic heterocycles. The highest BCUT2D eigenvalue weighted by molar-refractivity contribution is 7.17. The molecule has 112 valence electrons. The molecular weight excluding hydrogens is 288 g/mol. The highest BCUT2D eigenvalue weighted by atomic mass is 32.1. The summed E-state index contributed by atoms with van der Waals surface area (Å²) in [5, 5.41) is 19.3. The number of aromatic nitrogens is 3. The van der Waals surface area contributed by atoms with Gasteiger partial charge >= 0.3 is 5.97 Å². The largest absolute Gasteiger partial charge is 0.481 e. The van der Waals surface area contributed by atoms with Crippen molar-refractivity contribution in [2.45, 2.75) is 26.7 Å². The van der Waals surface area contributed by atoms with Gasteiger partial charge in [-0.2, -0.15) is 0 Å². The van der Waals surface area contributed by atoms with Crippen LogP contribution in [0.2, 0.25) is 0 Å². The summed E-state index contributed by atoms with van der Waals surface area (Å²) in [6, 6.07) is 4.11. The van der Waals surface area contributed by atoms with Crippen LogP contribution in [0, 0.1) is 19.8 Å². The molecule has 21 heavy (non-hydrogen) atoms. The smallest absolute Gasteiger partial charge is 0.308 e. The molecule has 0 aliphatic carbocycles. The van der Waals surface area contributed by atoms with Gasteiger partial charge in [-0.3, -0.25) is 9.36 Å². The molecule has 3 rings (SSSR count). The lowest BCUT2D eigenvalue weighted by Crippen LogP contribution is -2.38. The third kappa shape index (κ3) is 2.65. The number of hydrogen-bond donors (Lipinski definition) is 1. The number of hydrogen-bond acceptors (Lipinski definition) is 5. The van der Waals surface area contributed by atoms with Crippen LogP contribution in [0.1, 0.15) is 24.2 Å². The molecule has 0 amide bonds. The van der Waals surface area contributed by atoms with E-state index in [1.165, 1.54) is 11.3 Å². The Labute approximate surface area is 127 Å². The molecule has 6 nitrogen and oxygen atoms in total. The van der Waals surface area contributed by atoms with Gasteiger partial charge in [0, 0.05) is 24.5 Å². The van der Waals surface area contributed by atoms with E-state index < -0.39 is 5.97 Å². The van der Waals surface area contributed by atoms with Gasteiger partial charge < -0.3 is 10.0 Å². The van der Waals surface area contributed by atoms with Crippen LogP contribution in [0.4, 0.5) is 5.13 Å². The molecular formula is C14H18N4O2S. The maximum Gasteiger partial charge on any atom is 0.308 e. The number of aliphatic carboxylic acids is 1. The maximum absolute atomic E-state index is 11.1. The fourth-order valence-electron chi connectivity index (χ4n) is 2.75. The molecule has 7 heteroatoms. The van der Waals surface area contributed by atoms with E-state index in [1.54, 1.807) is 0 Å². The Hall–Kier alpha value is -1.89. The second-order valence-corrected chi connectivity index (χ2v) is 6.38.